The quantitative estimate of drug-likeness (QED) is 0.615. The zero-order valence-electron chi connectivity index (χ0n) is 12.2. The molecule has 0 unspecified atom stereocenters. The van der Waals surface area contributed by atoms with Gasteiger partial charge in [-0.05, 0) is 31.2 Å². The molecule has 0 radical (unpaired) electrons. The van der Waals surface area contributed by atoms with Crippen LogP contribution in [0.15, 0.2) is 54.6 Å². The molecule has 0 aliphatic rings. The molecule has 4 heteroatoms. The number of hydrogen-bond donors (Lipinski definition) is 1. The van der Waals surface area contributed by atoms with Crippen LogP contribution >= 0.6 is 0 Å². The molecule has 0 aliphatic carbocycles. The first-order valence-corrected chi connectivity index (χ1v) is 7.33. The molecule has 0 bridgehead atoms. The highest BCUT2D eigenvalue weighted by atomic mass is 16.5. The Morgan fingerprint density at radius 2 is 1.86 bits per heavy atom. The van der Waals surface area contributed by atoms with Gasteiger partial charge in [0.1, 0.15) is 17.0 Å². The van der Waals surface area contributed by atoms with Gasteiger partial charge in [0, 0.05) is 5.39 Å². The van der Waals surface area contributed by atoms with Crippen molar-refractivity contribution in [2.45, 2.75) is 6.92 Å². The van der Waals surface area contributed by atoms with Gasteiger partial charge in [0.15, 0.2) is 5.82 Å². The zero-order valence-corrected chi connectivity index (χ0v) is 12.2. The second kappa shape index (κ2) is 5.15. The number of para-hydroxylation sites is 3. The lowest BCUT2D eigenvalue weighted by Crippen LogP contribution is -1.95. The molecule has 2 heterocycles. The molecule has 0 amide bonds. The lowest BCUT2D eigenvalue weighted by atomic mass is 10.2. The van der Waals surface area contributed by atoms with Crippen LogP contribution in [0.5, 0.6) is 5.75 Å². The SMILES string of the molecule is CCOc1cccc2ccc(-c3nc4ccccc4[nH]3)nc12. The largest absolute Gasteiger partial charge is 0.492 e. The summed E-state index contributed by atoms with van der Waals surface area (Å²) in [5, 5.41) is 1.06. The van der Waals surface area contributed by atoms with Gasteiger partial charge in [0.2, 0.25) is 0 Å². The van der Waals surface area contributed by atoms with Gasteiger partial charge in [-0.25, -0.2) is 9.97 Å². The number of nitrogens with zero attached hydrogens (tertiary/aromatic N) is 2. The van der Waals surface area contributed by atoms with Crippen molar-refractivity contribution in [3.05, 3.63) is 54.6 Å². The summed E-state index contributed by atoms with van der Waals surface area (Å²) in [6.07, 6.45) is 0. The number of nitrogens with one attached hydrogen (secondary N) is 1. The molecule has 2 aromatic heterocycles. The van der Waals surface area contributed by atoms with Gasteiger partial charge in [-0.3, -0.25) is 0 Å². The molecule has 0 saturated carbocycles. The van der Waals surface area contributed by atoms with Crippen molar-refractivity contribution in [1.29, 1.82) is 0 Å². The minimum Gasteiger partial charge on any atom is -0.492 e. The highest BCUT2D eigenvalue weighted by Crippen LogP contribution is 2.27. The second-order valence-electron chi connectivity index (χ2n) is 5.06. The van der Waals surface area contributed by atoms with E-state index in [4.69, 9.17) is 9.72 Å². The van der Waals surface area contributed by atoms with Crippen molar-refractivity contribution in [2.24, 2.45) is 0 Å². The first-order chi connectivity index (χ1) is 10.8. The van der Waals surface area contributed by atoms with Gasteiger partial charge in [-0.1, -0.05) is 30.3 Å². The minimum atomic E-state index is 0.621. The number of benzene rings is 2. The summed E-state index contributed by atoms with van der Waals surface area (Å²) >= 11 is 0. The fourth-order valence-corrected chi connectivity index (χ4v) is 2.60. The Labute approximate surface area is 127 Å². The number of H-pyrrole nitrogens is 1. The summed E-state index contributed by atoms with van der Waals surface area (Å²) in [7, 11) is 0. The van der Waals surface area contributed by atoms with Gasteiger partial charge in [-0.15, -0.1) is 0 Å². The van der Waals surface area contributed by atoms with E-state index in [1.54, 1.807) is 0 Å². The van der Waals surface area contributed by atoms with E-state index in [1.165, 1.54) is 0 Å². The van der Waals surface area contributed by atoms with Crippen LogP contribution in [0, 0.1) is 0 Å². The Morgan fingerprint density at radius 3 is 2.73 bits per heavy atom. The summed E-state index contributed by atoms with van der Waals surface area (Å²) in [6, 6.07) is 18.0. The third kappa shape index (κ3) is 2.09. The molecule has 0 saturated heterocycles. The first-order valence-electron chi connectivity index (χ1n) is 7.33. The molecule has 0 spiro atoms. The molecule has 1 N–H and O–H groups in total. The van der Waals surface area contributed by atoms with Crippen LogP contribution in [-0.2, 0) is 0 Å². The number of rotatable bonds is 3. The molecule has 0 atom stereocenters. The molecule has 4 aromatic rings. The van der Waals surface area contributed by atoms with Gasteiger partial charge in [-0.2, -0.15) is 0 Å². The summed E-state index contributed by atoms with van der Waals surface area (Å²) in [6.45, 7) is 2.59. The molecule has 108 valence electrons. The van der Waals surface area contributed by atoms with E-state index in [1.807, 2.05) is 61.5 Å². The lowest BCUT2D eigenvalue weighted by molar-refractivity contribution is 0.343. The maximum atomic E-state index is 5.68. The molecule has 2 aromatic carbocycles. The van der Waals surface area contributed by atoms with Crippen LogP contribution in [0.3, 0.4) is 0 Å². The maximum absolute atomic E-state index is 5.68. The first kappa shape index (κ1) is 12.8. The maximum Gasteiger partial charge on any atom is 0.157 e. The van der Waals surface area contributed by atoms with Gasteiger partial charge in [0.05, 0.1) is 17.6 Å². The Hall–Kier alpha value is -2.88. The highest BCUT2D eigenvalue weighted by molar-refractivity contribution is 5.87. The molecule has 0 aliphatic heterocycles. The number of aromatic amines is 1. The van der Waals surface area contributed by atoms with Crippen LogP contribution in [0.25, 0.3) is 33.5 Å². The predicted molar refractivity (Wildman–Crippen MR) is 88.0 cm³/mol. The Balaban J connectivity index is 1.89. The molecule has 4 nitrogen and oxygen atoms in total. The summed E-state index contributed by atoms with van der Waals surface area (Å²) in [4.78, 5) is 12.7. The van der Waals surface area contributed by atoms with Crippen LogP contribution in [-0.4, -0.2) is 21.6 Å². The average Bonchev–Trinajstić information content (AvgIpc) is 2.99. The highest BCUT2D eigenvalue weighted by Gasteiger charge is 2.09. The summed E-state index contributed by atoms with van der Waals surface area (Å²) in [5.74, 6) is 1.58. The van der Waals surface area contributed by atoms with Crippen molar-refractivity contribution >= 4 is 21.9 Å². The van der Waals surface area contributed by atoms with Gasteiger partial charge in [0.25, 0.3) is 0 Å². The van der Waals surface area contributed by atoms with Gasteiger partial charge < -0.3 is 9.72 Å². The van der Waals surface area contributed by atoms with Crippen molar-refractivity contribution in [2.75, 3.05) is 6.61 Å². The van der Waals surface area contributed by atoms with E-state index in [0.29, 0.717) is 6.61 Å². The number of aromatic nitrogens is 3. The van der Waals surface area contributed by atoms with E-state index >= 15 is 0 Å². The fourth-order valence-electron chi connectivity index (χ4n) is 2.60. The molecule has 4 rings (SSSR count). The average molecular weight is 289 g/mol. The normalized spacial score (nSPS) is 11.1. The lowest BCUT2D eigenvalue weighted by Gasteiger charge is -2.07. The van der Waals surface area contributed by atoms with Crippen molar-refractivity contribution < 1.29 is 4.74 Å². The molecule has 0 fully saturated rings. The summed E-state index contributed by atoms with van der Waals surface area (Å²) < 4.78 is 5.68. The number of fused-ring (bicyclic) bond motifs is 2. The predicted octanol–water partition coefficient (Wildman–Crippen LogP) is 4.18. The van der Waals surface area contributed by atoms with Crippen molar-refractivity contribution in [1.82, 2.24) is 15.0 Å². The monoisotopic (exact) mass is 289 g/mol. The number of pyridine rings is 1. The van der Waals surface area contributed by atoms with E-state index in [-0.39, 0.29) is 0 Å². The Morgan fingerprint density at radius 1 is 0.955 bits per heavy atom. The number of hydrogen-bond acceptors (Lipinski definition) is 3. The smallest absolute Gasteiger partial charge is 0.157 e. The van der Waals surface area contributed by atoms with E-state index in [0.717, 1.165) is 39.2 Å². The van der Waals surface area contributed by atoms with Crippen molar-refractivity contribution in [3.63, 3.8) is 0 Å². The van der Waals surface area contributed by atoms with E-state index < -0.39 is 0 Å². The third-order valence-corrected chi connectivity index (χ3v) is 3.62. The fraction of sp³-hybridized carbons (Fsp3) is 0.111. The second-order valence-corrected chi connectivity index (χ2v) is 5.06. The molecular formula is C18H15N3O. The van der Waals surface area contributed by atoms with Gasteiger partial charge >= 0.3 is 0 Å². The Bertz CT molecular complexity index is 926. The van der Waals surface area contributed by atoms with Crippen LogP contribution < -0.4 is 4.74 Å². The minimum absolute atomic E-state index is 0.621. The zero-order chi connectivity index (χ0) is 14.9. The summed E-state index contributed by atoms with van der Waals surface area (Å²) in [5.41, 5.74) is 3.63. The van der Waals surface area contributed by atoms with Crippen LogP contribution in [0.1, 0.15) is 6.92 Å². The molecular weight excluding hydrogens is 274 g/mol. The van der Waals surface area contributed by atoms with Crippen LogP contribution in [0.2, 0.25) is 0 Å². The molecule has 22 heavy (non-hydrogen) atoms. The standard InChI is InChI=1S/C18H15N3O/c1-2-22-16-9-5-6-12-10-11-15(19-17(12)16)18-20-13-7-3-4-8-14(13)21-18/h3-11H,2H2,1H3,(H,20,21). The van der Waals surface area contributed by atoms with Crippen LogP contribution in [0.4, 0.5) is 0 Å². The van der Waals surface area contributed by atoms with E-state index in [2.05, 4.69) is 9.97 Å². The topological polar surface area (TPSA) is 50.8 Å². The number of imidazole rings is 1. The number of ether oxygens (including phenoxy) is 1. The van der Waals surface area contributed by atoms with E-state index in [9.17, 15) is 0 Å². The Kier molecular flexibility index (Phi) is 3.00. The third-order valence-electron chi connectivity index (χ3n) is 3.62. The van der Waals surface area contributed by atoms with Crippen molar-refractivity contribution in [3.8, 4) is 17.3 Å².